The largest absolute Gasteiger partial charge is 0.373 e. The van der Waals surface area contributed by atoms with Crippen LogP contribution in [0.15, 0.2) is 0 Å². The van der Waals surface area contributed by atoms with E-state index in [0.717, 1.165) is 5.92 Å². The van der Waals surface area contributed by atoms with E-state index in [4.69, 9.17) is 0 Å². The number of nitrogens with zero attached hydrogens (tertiary/aromatic N) is 1. The molecule has 19 heavy (non-hydrogen) atoms. The lowest BCUT2D eigenvalue weighted by atomic mass is 9.84. The number of anilines is 1. The normalized spacial score (nSPS) is 21.7. The first kappa shape index (κ1) is 13.2. The molecule has 104 valence electrons. The molecule has 0 N–H and O–H groups in total. The fourth-order valence-corrected chi connectivity index (χ4v) is 5.06. The Labute approximate surface area is 120 Å². The van der Waals surface area contributed by atoms with Crippen molar-refractivity contribution in [3.8, 4) is 0 Å². The molecular formula is C17H25NS. The maximum atomic E-state index is 4.30. The lowest BCUT2D eigenvalue weighted by molar-refractivity contribution is 0.364. The number of hydrogen-bond donors (Lipinski definition) is 0. The Morgan fingerprint density at radius 3 is 2.79 bits per heavy atom. The minimum Gasteiger partial charge on any atom is -0.373 e. The van der Waals surface area contributed by atoms with Crippen LogP contribution in [-0.2, 0) is 6.42 Å². The third-order valence-electron chi connectivity index (χ3n) is 4.83. The Morgan fingerprint density at radius 2 is 2.05 bits per heavy atom. The zero-order valence-electron chi connectivity index (χ0n) is 12.3. The summed E-state index contributed by atoms with van der Waals surface area (Å²) >= 11 is 1.92. The Bertz CT molecular complexity index is 563. The van der Waals surface area contributed by atoms with E-state index < -0.39 is 0 Å². The van der Waals surface area contributed by atoms with Crippen molar-refractivity contribution in [3.63, 3.8) is 0 Å². The molecule has 0 radical (unpaired) electrons. The molecule has 0 amide bonds. The highest BCUT2D eigenvalue weighted by molar-refractivity contribution is 7.10. The standard InChI is InChI=1S/C17H25NS/c1-12(11-14-7-5-4-6-8-14)16-13(2)19-15-9-10-18(3)17(15)16/h14H,2,4-11H2,1,3H3/b16-12-. The third kappa shape index (κ3) is 2.47. The monoisotopic (exact) mass is 275 g/mol. The smallest absolute Gasteiger partial charge is 0.0585 e. The minimum absolute atomic E-state index is 0.926. The molecule has 1 fully saturated rings. The van der Waals surface area contributed by atoms with Crippen molar-refractivity contribution in [2.45, 2.75) is 51.9 Å². The SMILES string of the molecule is C=c1sc2c(/c1=C(/C)CC1CCCCC1)N(C)CC2. The molecule has 0 unspecified atom stereocenters. The number of thiophene rings is 1. The summed E-state index contributed by atoms with van der Waals surface area (Å²) in [7, 11) is 2.23. The van der Waals surface area contributed by atoms with Crippen LogP contribution < -0.4 is 14.7 Å². The van der Waals surface area contributed by atoms with Crippen LogP contribution in [0.25, 0.3) is 12.2 Å². The summed E-state index contributed by atoms with van der Waals surface area (Å²) in [6.45, 7) is 7.83. The van der Waals surface area contributed by atoms with Crippen molar-refractivity contribution >= 4 is 29.2 Å². The summed E-state index contributed by atoms with van der Waals surface area (Å²) in [6.07, 6.45) is 9.72. The van der Waals surface area contributed by atoms with E-state index in [9.17, 15) is 0 Å². The van der Waals surface area contributed by atoms with Crippen LogP contribution in [-0.4, -0.2) is 13.6 Å². The molecule has 1 aliphatic carbocycles. The molecule has 0 saturated heterocycles. The Kier molecular flexibility index (Phi) is 3.70. The Balaban J connectivity index is 1.95. The molecule has 0 atom stereocenters. The van der Waals surface area contributed by atoms with Gasteiger partial charge in [-0.2, -0.15) is 0 Å². The van der Waals surface area contributed by atoms with Crippen LogP contribution in [0.2, 0.25) is 0 Å². The molecule has 1 aliphatic heterocycles. The lowest BCUT2D eigenvalue weighted by Crippen LogP contribution is -2.28. The average molecular weight is 275 g/mol. The first-order valence-corrected chi connectivity index (χ1v) is 8.50. The van der Waals surface area contributed by atoms with Crippen LogP contribution in [0.5, 0.6) is 0 Å². The van der Waals surface area contributed by atoms with E-state index in [0.29, 0.717) is 0 Å². The summed E-state index contributed by atoms with van der Waals surface area (Å²) < 4.78 is 1.30. The van der Waals surface area contributed by atoms with Crippen molar-refractivity contribution in [2.75, 3.05) is 18.5 Å². The highest BCUT2D eigenvalue weighted by Gasteiger charge is 2.21. The van der Waals surface area contributed by atoms with E-state index in [1.807, 2.05) is 11.3 Å². The fraction of sp³-hybridized carbons (Fsp3) is 0.647. The number of likely N-dealkylation sites (N-methyl/N-ethyl adjacent to an activating group) is 1. The molecule has 1 saturated carbocycles. The van der Waals surface area contributed by atoms with Crippen LogP contribution in [0.4, 0.5) is 5.69 Å². The summed E-state index contributed by atoms with van der Waals surface area (Å²) in [6, 6.07) is 0. The molecular weight excluding hydrogens is 250 g/mol. The van der Waals surface area contributed by atoms with Gasteiger partial charge in [0.05, 0.1) is 5.69 Å². The molecule has 1 aromatic heterocycles. The molecule has 1 nitrogen and oxygen atoms in total. The van der Waals surface area contributed by atoms with E-state index in [1.54, 1.807) is 10.5 Å². The predicted molar refractivity (Wildman–Crippen MR) is 86.3 cm³/mol. The molecule has 0 bridgehead atoms. The van der Waals surface area contributed by atoms with Gasteiger partial charge < -0.3 is 4.90 Å². The van der Waals surface area contributed by atoms with Crippen LogP contribution in [0.3, 0.4) is 0 Å². The number of fused-ring (bicyclic) bond motifs is 1. The van der Waals surface area contributed by atoms with E-state index >= 15 is 0 Å². The molecule has 2 heterocycles. The second kappa shape index (κ2) is 5.32. The van der Waals surface area contributed by atoms with Gasteiger partial charge in [0.2, 0.25) is 0 Å². The van der Waals surface area contributed by atoms with Gasteiger partial charge in [-0.1, -0.05) is 44.3 Å². The van der Waals surface area contributed by atoms with Crippen LogP contribution >= 0.6 is 11.3 Å². The summed E-state index contributed by atoms with van der Waals surface area (Å²) in [5, 5.41) is 1.49. The molecule has 2 aliphatic rings. The average Bonchev–Trinajstić information content (AvgIpc) is 2.90. The minimum atomic E-state index is 0.926. The molecule has 0 aromatic carbocycles. The molecule has 0 spiro atoms. The maximum Gasteiger partial charge on any atom is 0.0585 e. The second-order valence-corrected chi connectivity index (χ2v) is 7.52. The molecule has 2 heteroatoms. The van der Waals surface area contributed by atoms with Gasteiger partial charge in [0.15, 0.2) is 0 Å². The zero-order chi connectivity index (χ0) is 13.4. The van der Waals surface area contributed by atoms with Crippen molar-refractivity contribution in [1.29, 1.82) is 0 Å². The Hall–Kier alpha value is -0.760. The number of rotatable bonds is 2. The van der Waals surface area contributed by atoms with Gasteiger partial charge in [0.25, 0.3) is 0 Å². The van der Waals surface area contributed by atoms with Gasteiger partial charge in [-0.25, -0.2) is 0 Å². The van der Waals surface area contributed by atoms with Gasteiger partial charge in [0.1, 0.15) is 0 Å². The quantitative estimate of drug-likeness (QED) is 0.800. The summed E-state index contributed by atoms with van der Waals surface area (Å²) in [5.41, 5.74) is 3.09. The maximum absolute atomic E-state index is 4.30. The van der Waals surface area contributed by atoms with Crippen LogP contribution in [0, 0.1) is 5.92 Å². The van der Waals surface area contributed by atoms with Crippen molar-refractivity contribution in [3.05, 3.63) is 14.6 Å². The molecule has 3 rings (SSSR count). The highest BCUT2D eigenvalue weighted by atomic mass is 32.1. The third-order valence-corrected chi connectivity index (χ3v) is 5.92. The summed E-state index contributed by atoms with van der Waals surface area (Å²) in [5.74, 6) is 0.926. The van der Waals surface area contributed by atoms with Gasteiger partial charge in [0, 0.05) is 34.6 Å². The Morgan fingerprint density at radius 1 is 1.32 bits per heavy atom. The van der Waals surface area contributed by atoms with Gasteiger partial charge in [-0.05, 0) is 19.3 Å². The highest BCUT2D eigenvalue weighted by Crippen LogP contribution is 2.30. The lowest BCUT2D eigenvalue weighted by Gasteiger charge is -2.22. The second-order valence-electron chi connectivity index (χ2n) is 6.33. The van der Waals surface area contributed by atoms with E-state index in [-0.39, 0.29) is 0 Å². The van der Waals surface area contributed by atoms with Crippen molar-refractivity contribution in [1.82, 2.24) is 0 Å². The fourth-order valence-electron chi connectivity index (χ4n) is 3.84. The predicted octanol–water partition coefficient (Wildman–Crippen LogP) is 3.29. The van der Waals surface area contributed by atoms with Gasteiger partial charge in [-0.3, -0.25) is 0 Å². The van der Waals surface area contributed by atoms with Gasteiger partial charge in [-0.15, -0.1) is 11.3 Å². The van der Waals surface area contributed by atoms with Crippen molar-refractivity contribution < 1.29 is 0 Å². The van der Waals surface area contributed by atoms with E-state index in [2.05, 4.69) is 25.5 Å². The number of hydrogen-bond acceptors (Lipinski definition) is 2. The van der Waals surface area contributed by atoms with Crippen LogP contribution in [0.1, 0.15) is 50.3 Å². The zero-order valence-corrected chi connectivity index (χ0v) is 13.1. The van der Waals surface area contributed by atoms with Gasteiger partial charge >= 0.3 is 0 Å². The molecule has 1 aromatic rings. The summed E-state index contributed by atoms with van der Waals surface area (Å²) in [4.78, 5) is 3.99. The first-order chi connectivity index (χ1) is 9.16. The van der Waals surface area contributed by atoms with E-state index in [1.165, 1.54) is 66.9 Å². The first-order valence-electron chi connectivity index (χ1n) is 7.68. The van der Waals surface area contributed by atoms with Crippen molar-refractivity contribution in [2.24, 2.45) is 5.92 Å². The topological polar surface area (TPSA) is 3.24 Å².